The van der Waals surface area contributed by atoms with Gasteiger partial charge in [0, 0.05) is 56.2 Å². The molecule has 0 fully saturated rings. The van der Waals surface area contributed by atoms with Crippen LogP contribution in [0.1, 0.15) is 55.1 Å². The van der Waals surface area contributed by atoms with E-state index in [0.29, 0.717) is 31.3 Å². The molecule has 0 spiro atoms. The zero-order valence-corrected chi connectivity index (χ0v) is 19.8. The number of carboxylic acids is 1. The summed E-state index contributed by atoms with van der Waals surface area (Å²) in [5.41, 5.74) is 5.25. The molecule has 2 rings (SSSR count). The molecule has 8 heteroatoms. The molecule has 0 radical (unpaired) electrons. The third-order valence-corrected chi connectivity index (χ3v) is 5.32. The molecule has 2 N–H and O–H groups in total. The van der Waals surface area contributed by atoms with Gasteiger partial charge < -0.3 is 24.7 Å². The van der Waals surface area contributed by atoms with Crippen LogP contribution in [0.15, 0.2) is 29.2 Å². The molecular formula is C24H34N2O6. The van der Waals surface area contributed by atoms with Crippen LogP contribution < -0.4 is 15.6 Å². The normalized spacial score (nSPS) is 11.4. The van der Waals surface area contributed by atoms with Crippen molar-refractivity contribution in [2.45, 2.75) is 52.7 Å². The van der Waals surface area contributed by atoms with Crippen LogP contribution in [0.5, 0.6) is 5.75 Å². The summed E-state index contributed by atoms with van der Waals surface area (Å²) in [4.78, 5) is 24.1. The molecular weight excluding hydrogens is 412 g/mol. The van der Waals surface area contributed by atoms with Crippen LogP contribution >= 0.6 is 0 Å². The van der Waals surface area contributed by atoms with Gasteiger partial charge in [0.25, 0.3) is 0 Å². The van der Waals surface area contributed by atoms with Crippen LogP contribution in [0.2, 0.25) is 0 Å². The van der Waals surface area contributed by atoms with E-state index in [1.165, 1.54) is 12.3 Å². The molecule has 0 atom stereocenters. The first-order valence-corrected chi connectivity index (χ1v) is 10.7. The fraction of sp³-hybridized carbons (Fsp3) is 0.500. The number of carboxylic acid groups (broad SMARTS) is 1. The van der Waals surface area contributed by atoms with Gasteiger partial charge in [0.2, 0.25) is 0 Å². The topological polar surface area (TPSA) is 99.0 Å². The highest BCUT2D eigenvalue weighted by molar-refractivity contribution is 5.87. The minimum Gasteiger partial charge on any atom is -0.493 e. The van der Waals surface area contributed by atoms with Crippen molar-refractivity contribution < 1.29 is 24.1 Å². The number of hydrogen-bond donors (Lipinski definition) is 2. The molecule has 32 heavy (non-hydrogen) atoms. The number of aromatic nitrogens is 1. The lowest BCUT2D eigenvalue weighted by molar-refractivity contribution is 0.0694. The van der Waals surface area contributed by atoms with Crippen LogP contribution in [0.4, 0.5) is 0 Å². The average molecular weight is 447 g/mol. The highest BCUT2D eigenvalue weighted by Gasteiger charge is 2.21. The van der Waals surface area contributed by atoms with Crippen molar-refractivity contribution in [2.24, 2.45) is 0 Å². The van der Waals surface area contributed by atoms with Crippen molar-refractivity contribution >= 4 is 5.97 Å². The zero-order chi connectivity index (χ0) is 23.9. The van der Waals surface area contributed by atoms with Gasteiger partial charge in [0.05, 0.1) is 18.9 Å². The molecule has 8 nitrogen and oxygen atoms in total. The Morgan fingerprint density at radius 2 is 1.88 bits per heavy atom. The quantitative estimate of drug-likeness (QED) is 0.478. The predicted molar refractivity (Wildman–Crippen MR) is 124 cm³/mol. The second kappa shape index (κ2) is 11.2. The van der Waals surface area contributed by atoms with E-state index in [9.17, 15) is 14.7 Å². The molecule has 0 aliphatic carbocycles. The van der Waals surface area contributed by atoms with E-state index in [0.717, 1.165) is 29.5 Å². The van der Waals surface area contributed by atoms with E-state index in [2.05, 4.69) is 5.43 Å². The summed E-state index contributed by atoms with van der Waals surface area (Å²) >= 11 is 0. The second-order valence-electron chi connectivity index (χ2n) is 8.36. The molecule has 2 aromatic rings. The van der Waals surface area contributed by atoms with Crippen molar-refractivity contribution in [1.29, 1.82) is 0 Å². The number of hydrogen-bond acceptors (Lipinski definition) is 6. The van der Waals surface area contributed by atoms with Crippen LogP contribution in [0.3, 0.4) is 0 Å². The van der Waals surface area contributed by atoms with E-state index < -0.39 is 11.4 Å². The summed E-state index contributed by atoms with van der Waals surface area (Å²) in [5, 5.41) is 9.45. The summed E-state index contributed by atoms with van der Waals surface area (Å²) in [6.07, 6.45) is 2.90. The van der Waals surface area contributed by atoms with Crippen molar-refractivity contribution in [3.05, 3.63) is 51.3 Å². The maximum Gasteiger partial charge on any atom is 0.341 e. The number of rotatable bonds is 12. The summed E-state index contributed by atoms with van der Waals surface area (Å²) in [5.74, 6) is -0.551. The van der Waals surface area contributed by atoms with Crippen LogP contribution in [-0.4, -0.2) is 48.7 Å². The molecule has 0 saturated heterocycles. The molecule has 1 heterocycles. The Kier molecular flexibility index (Phi) is 8.86. The van der Waals surface area contributed by atoms with E-state index >= 15 is 0 Å². The van der Waals surface area contributed by atoms with Crippen molar-refractivity contribution in [1.82, 2.24) is 4.68 Å². The van der Waals surface area contributed by atoms with E-state index in [1.54, 1.807) is 18.9 Å². The minimum atomic E-state index is -1.26. The molecule has 0 aliphatic rings. The summed E-state index contributed by atoms with van der Waals surface area (Å²) in [6, 6.07) is 5.21. The summed E-state index contributed by atoms with van der Waals surface area (Å²) < 4.78 is 18.0. The molecule has 0 bridgehead atoms. The largest absolute Gasteiger partial charge is 0.493 e. The molecule has 0 aliphatic heterocycles. The fourth-order valence-corrected chi connectivity index (χ4v) is 3.19. The number of pyridine rings is 1. The molecule has 0 amide bonds. The number of carbonyl (C=O) groups is 1. The van der Waals surface area contributed by atoms with Gasteiger partial charge in [-0.15, -0.1) is 0 Å². The molecule has 1 aromatic heterocycles. The van der Waals surface area contributed by atoms with E-state index in [4.69, 9.17) is 14.2 Å². The lowest BCUT2D eigenvalue weighted by Crippen LogP contribution is -2.38. The number of nitrogens with zero attached hydrogens (tertiary/aromatic N) is 1. The Hall–Kier alpha value is -2.84. The van der Waals surface area contributed by atoms with Crippen LogP contribution in [0.25, 0.3) is 11.3 Å². The highest BCUT2D eigenvalue weighted by Crippen LogP contribution is 2.31. The third kappa shape index (κ3) is 6.34. The van der Waals surface area contributed by atoms with Gasteiger partial charge in [-0.1, -0.05) is 6.92 Å². The van der Waals surface area contributed by atoms with Crippen molar-refractivity contribution in [2.75, 3.05) is 32.9 Å². The monoisotopic (exact) mass is 446 g/mol. The summed E-state index contributed by atoms with van der Waals surface area (Å²) in [6.45, 7) is 9.43. The number of aromatic carboxylic acids is 1. The number of nitrogens with one attached hydrogen (secondary N) is 1. The molecule has 1 aromatic carbocycles. The smallest absolute Gasteiger partial charge is 0.341 e. The van der Waals surface area contributed by atoms with Gasteiger partial charge in [-0.3, -0.25) is 9.47 Å². The number of ether oxygens (including phenoxy) is 3. The van der Waals surface area contributed by atoms with Gasteiger partial charge >= 0.3 is 5.97 Å². The SMILES string of the molecule is CCC(C)(C)Nn1cc(C(=O)O)c(=O)cc1-c1cc(COC)c(OCCCOC)cc1C. The van der Waals surface area contributed by atoms with E-state index in [-0.39, 0.29) is 11.1 Å². The highest BCUT2D eigenvalue weighted by atomic mass is 16.5. The lowest BCUT2D eigenvalue weighted by atomic mass is 9.99. The number of methoxy groups -OCH3 is 2. The third-order valence-electron chi connectivity index (χ3n) is 5.32. The van der Waals surface area contributed by atoms with Crippen molar-refractivity contribution in [3.8, 4) is 17.0 Å². The average Bonchev–Trinajstić information content (AvgIpc) is 2.73. The summed E-state index contributed by atoms with van der Waals surface area (Å²) in [7, 11) is 3.26. The Morgan fingerprint density at radius 1 is 1.16 bits per heavy atom. The van der Waals surface area contributed by atoms with Gasteiger partial charge in [-0.05, 0) is 44.9 Å². The Morgan fingerprint density at radius 3 is 2.47 bits per heavy atom. The van der Waals surface area contributed by atoms with Crippen LogP contribution in [0, 0.1) is 6.92 Å². The Bertz CT molecular complexity index is 997. The Balaban J connectivity index is 2.61. The van der Waals surface area contributed by atoms with Gasteiger partial charge in [-0.2, -0.15) is 0 Å². The Labute approximate surface area is 189 Å². The molecule has 176 valence electrons. The molecule has 0 unspecified atom stereocenters. The molecule has 0 saturated carbocycles. The lowest BCUT2D eigenvalue weighted by Gasteiger charge is -2.30. The maximum atomic E-state index is 12.6. The zero-order valence-electron chi connectivity index (χ0n) is 19.8. The number of aryl methyl sites for hydroxylation is 1. The maximum absolute atomic E-state index is 12.6. The number of benzene rings is 1. The predicted octanol–water partition coefficient (Wildman–Crippen LogP) is 3.82. The fourth-order valence-electron chi connectivity index (χ4n) is 3.19. The van der Waals surface area contributed by atoms with Crippen LogP contribution in [-0.2, 0) is 16.1 Å². The first-order valence-electron chi connectivity index (χ1n) is 10.7. The van der Waals surface area contributed by atoms with Crippen molar-refractivity contribution in [3.63, 3.8) is 0 Å². The minimum absolute atomic E-state index is 0.291. The standard InChI is InChI=1S/C24H34N2O6/c1-7-24(3,4)25-26-14-19(23(28)29)21(27)13-20(26)18-12-17(15-31-6)22(11-16(18)2)32-10-8-9-30-5/h11-14,25H,7-10,15H2,1-6H3,(H,28,29). The second-order valence-corrected chi connectivity index (χ2v) is 8.36. The van der Waals surface area contributed by atoms with Gasteiger partial charge in [0.1, 0.15) is 11.3 Å². The first kappa shape index (κ1) is 25.4. The first-order chi connectivity index (χ1) is 15.1. The van der Waals surface area contributed by atoms with Gasteiger partial charge in [-0.25, -0.2) is 4.79 Å². The van der Waals surface area contributed by atoms with E-state index in [1.807, 2.05) is 39.8 Å². The van der Waals surface area contributed by atoms with Gasteiger partial charge in [0.15, 0.2) is 5.43 Å².